The Kier molecular flexibility index (Phi) is 5.00. The molecule has 0 saturated carbocycles. The number of thiazole rings is 1. The first-order valence-electron chi connectivity index (χ1n) is 9.02. The standard InChI is InChI=1S/C23H19N2O2S/c1-3-22(26)27-19-13-11-16(17-8-7-15-24-23(17)19)12-14-21-25(4-2)18-9-5-6-10-20(18)28-21/h3,5-15H,1,4H2,2H3/q+1/b14-12+. The van der Waals surface area contributed by atoms with E-state index in [-0.39, 0.29) is 0 Å². The molecule has 0 aliphatic carbocycles. The maximum atomic E-state index is 11.6. The quantitative estimate of drug-likeness (QED) is 0.209. The predicted molar refractivity (Wildman–Crippen MR) is 114 cm³/mol. The van der Waals surface area contributed by atoms with Gasteiger partial charge in [0.15, 0.2) is 5.75 Å². The summed E-state index contributed by atoms with van der Waals surface area (Å²) in [5, 5.41) is 2.11. The van der Waals surface area contributed by atoms with E-state index in [1.807, 2.05) is 18.2 Å². The van der Waals surface area contributed by atoms with Crippen LogP contribution in [0.1, 0.15) is 17.5 Å². The third-order valence-electron chi connectivity index (χ3n) is 4.50. The normalized spacial score (nSPS) is 11.3. The molecule has 5 heteroatoms. The largest absolute Gasteiger partial charge is 0.421 e. The van der Waals surface area contributed by atoms with Gasteiger partial charge in [-0.1, -0.05) is 42.2 Å². The highest BCUT2D eigenvalue weighted by atomic mass is 32.1. The van der Waals surface area contributed by atoms with E-state index in [0.717, 1.165) is 23.6 Å². The molecule has 4 aromatic rings. The van der Waals surface area contributed by atoms with E-state index in [1.165, 1.54) is 15.2 Å². The first kappa shape index (κ1) is 18.1. The lowest BCUT2D eigenvalue weighted by molar-refractivity contribution is -0.665. The maximum absolute atomic E-state index is 11.6. The van der Waals surface area contributed by atoms with E-state index >= 15 is 0 Å². The van der Waals surface area contributed by atoms with Gasteiger partial charge in [0.2, 0.25) is 5.52 Å². The maximum Gasteiger partial charge on any atom is 0.335 e. The Morgan fingerprint density at radius 3 is 2.86 bits per heavy atom. The molecular weight excluding hydrogens is 368 g/mol. The molecule has 2 heterocycles. The van der Waals surface area contributed by atoms with E-state index in [0.29, 0.717) is 11.3 Å². The van der Waals surface area contributed by atoms with E-state index < -0.39 is 5.97 Å². The molecule has 4 nitrogen and oxygen atoms in total. The lowest BCUT2D eigenvalue weighted by Crippen LogP contribution is -2.33. The van der Waals surface area contributed by atoms with Gasteiger partial charge in [0.05, 0.1) is 0 Å². The zero-order chi connectivity index (χ0) is 19.5. The molecule has 28 heavy (non-hydrogen) atoms. The van der Waals surface area contributed by atoms with Gasteiger partial charge in [0.25, 0.3) is 5.01 Å². The van der Waals surface area contributed by atoms with Crippen molar-refractivity contribution in [2.24, 2.45) is 0 Å². The molecule has 0 bridgehead atoms. The third-order valence-corrected chi connectivity index (χ3v) is 5.63. The molecule has 0 atom stereocenters. The van der Waals surface area contributed by atoms with E-state index in [4.69, 9.17) is 4.74 Å². The van der Waals surface area contributed by atoms with Crippen molar-refractivity contribution in [3.05, 3.63) is 78.0 Å². The Morgan fingerprint density at radius 2 is 2.04 bits per heavy atom. The number of aryl methyl sites for hydroxylation is 1. The van der Waals surface area contributed by atoms with Crippen LogP contribution in [0.2, 0.25) is 0 Å². The summed E-state index contributed by atoms with van der Waals surface area (Å²) in [5.41, 5.74) is 2.91. The molecule has 0 spiro atoms. The summed E-state index contributed by atoms with van der Waals surface area (Å²) in [6.45, 7) is 6.50. The lowest BCUT2D eigenvalue weighted by atomic mass is 10.1. The number of ether oxygens (including phenoxy) is 1. The van der Waals surface area contributed by atoms with Gasteiger partial charge in [0, 0.05) is 29.8 Å². The summed E-state index contributed by atoms with van der Waals surface area (Å²) < 4.78 is 8.89. The number of fused-ring (bicyclic) bond motifs is 2. The molecule has 0 unspecified atom stereocenters. The summed E-state index contributed by atoms with van der Waals surface area (Å²) in [5.74, 6) is -0.0624. The Balaban J connectivity index is 1.77. The average Bonchev–Trinajstić information content (AvgIpc) is 3.10. The number of carbonyl (C=O) groups is 1. The van der Waals surface area contributed by atoms with E-state index in [1.54, 1.807) is 23.6 Å². The minimum Gasteiger partial charge on any atom is -0.421 e. The number of pyridine rings is 1. The zero-order valence-corrected chi connectivity index (χ0v) is 16.3. The SMILES string of the molecule is C=CC(=O)Oc1ccc(/C=C/c2sc3ccccc3[n+]2CC)c2cccnc12. The van der Waals surface area contributed by atoms with Crippen LogP contribution in [-0.4, -0.2) is 11.0 Å². The van der Waals surface area contributed by atoms with Crippen LogP contribution in [0.4, 0.5) is 0 Å². The second kappa shape index (κ2) is 7.74. The second-order valence-corrected chi connectivity index (χ2v) is 7.23. The van der Waals surface area contributed by atoms with Crippen molar-refractivity contribution in [3.8, 4) is 5.75 Å². The monoisotopic (exact) mass is 387 g/mol. The van der Waals surface area contributed by atoms with Crippen molar-refractivity contribution in [1.29, 1.82) is 0 Å². The van der Waals surface area contributed by atoms with Crippen molar-refractivity contribution >= 4 is 50.6 Å². The van der Waals surface area contributed by atoms with E-state index in [9.17, 15) is 4.79 Å². The Morgan fingerprint density at radius 1 is 1.18 bits per heavy atom. The molecule has 2 aromatic heterocycles. The number of nitrogens with zero attached hydrogens (tertiary/aromatic N) is 2. The fourth-order valence-electron chi connectivity index (χ4n) is 3.21. The first-order chi connectivity index (χ1) is 13.7. The lowest BCUT2D eigenvalue weighted by Gasteiger charge is -2.07. The molecule has 0 saturated heterocycles. The molecule has 0 radical (unpaired) electrons. The van der Waals surface area contributed by atoms with Crippen molar-refractivity contribution in [1.82, 2.24) is 4.98 Å². The number of rotatable bonds is 5. The van der Waals surface area contributed by atoms with Crippen LogP contribution in [0.5, 0.6) is 5.75 Å². The highest BCUT2D eigenvalue weighted by molar-refractivity contribution is 7.18. The van der Waals surface area contributed by atoms with Gasteiger partial charge < -0.3 is 4.74 Å². The minimum absolute atomic E-state index is 0.433. The smallest absolute Gasteiger partial charge is 0.335 e. The van der Waals surface area contributed by atoms with Gasteiger partial charge in [0.1, 0.15) is 16.8 Å². The number of hydrogen-bond acceptors (Lipinski definition) is 4. The Hall–Kier alpha value is -3.31. The van der Waals surface area contributed by atoms with Gasteiger partial charge in [-0.25, -0.2) is 4.79 Å². The van der Waals surface area contributed by atoms with Crippen LogP contribution in [0.15, 0.2) is 67.4 Å². The summed E-state index contributed by atoms with van der Waals surface area (Å²) in [6, 6.07) is 16.0. The molecule has 0 amide bonds. The number of para-hydroxylation sites is 1. The number of esters is 1. The minimum atomic E-state index is -0.496. The van der Waals surface area contributed by atoms with Gasteiger partial charge in [-0.2, -0.15) is 4.57 Å². The Bertz CT molecular complexity index is 1220. The number of carbonyl (C=O) groups excluding carboxylic acids is 1. The summed E-state index contributed by atoms with van der Waals surface area (Å²) >= 11 is 1.77. The highest BCUT2D eigenvalue weighted by Gasteiger charge is 2.16. The van der Waals surface area contributed by atoms with Crippen LogP contribution >= 0.6 is 11.3 Å². The molecule has 0 fully saturated rings. The van der Waals surface area contributed by atoms with Crippen LogP contribution in [0, 0.1) is 0 Å². The molecule has 0 aliphatic rings. The average molecular weight is 387 g/mol. The van der Waals surface area contributed by atoms with Crippen molar-refractivity contribution in [2.45, 2.75) is 13.5 Å². The van der Waals surface area contributed by atoms with Gasteiger partial charge in [-0.15, -0.1) is 0 Å². The zero-order valence-electron chi connectivity index (χ0n) is 15.5. The number of benzene rings is 2. The van der Waals surface area contributed by atoms with Crippen LogP contribution in [0.3, 0.4) is 0 Å². The summed E-state index contributed by atoms with van der Waals surface area (Å²) in [4.78, 5) is 16.0. The number of aromatic nitrogens is 2. The second-order valence-electron chi connectivity index (χ2n) is 6.16. The third kappa shape index (κ3) is 3.32. The molecule has 2 aromatic carbocycles. The van der Waals surface area contributed by atoms with Crippen LogP contribution in [-0.2, 0) is 11.3 Å². The van der Waals surface area contributed by atoms with Gasteiger partial charge in [-0.3, -0.25) is 4.98 Å². The topological polar surface area (TPSA) is 43.1 Å². The van der Waals surface area contributed by atoms with E-state index in [2.05, 4.69) is 59.5 Å². The van der Waals surface area contributed by atoms with Crippen LogP contribution < -0.4 is 9.30 Å². The fourth-order valence-corrected chi connectivity index (χ4v) is 4.34. The van der Waals surface area contributed by atoms with Crippen molar-refractivity contribution in [2.75, 3.05) is 0 Å². The molecule has 0 N–H and O–H groups in total. The van der Waals surface area contributed by atoms with Gasteiger partial charge in [-0.05, 0) is 36.8 Å². The fraction of sp³-hybridized carbons (Fsp3) is 0.0870. The molecule has 138 valence electrons. The van der Waals surface area contributed by atoms with Crippen molar-refractivity contribution in [3.63, 3.8) is 0 Å². The highest BCUT2D eigenvalue weighted by Crippen LogP contribution is 2.29. The van der Waals surface area contributed by atoms with Gasteiger partial charge >= 0.3 is 5.97 Å². The molecule has 4 rings (SSSR count). The Labute approximate surface area is 167 Å². The van der Waals surface area contributed by atoms with Crippen molar-refractivity contribution < 1.29 is 14.1 Å². The summed E-state index contributed by atoms with van der Waals surface area (Å²) in [7, 11) is 0. The summed E-state index contributed by atoms with van der Waals surface area (Å²) in [6.07, 6.45) is 7.05. The number of hydrogen-bond donors (Lipinski definition) is 0. The molecular formula is C23H19N2O2S+. The van der Waals surface area contributed by atoms with Crippen LogP contribution in [0.25, 0.3) is 33.3 Å². The first-order valence-corrected chi connectivity index (χ1v) is 9.84. The molecule has 0 aliphatic heterocycles. The predicted octanol–water partition coefficient (Wildman–Crippen LogP) is 5.02.